The van der Waals surface area contributed by atoms with Gasteiger partial charge >= 0.3 is 12.1 Å². The second kappa shape index (κ2) is 6.77. The summed E-state index contributed by atoms with van der Waals surface area (Å²) in [4.78, 5) is 27.9. The highest BCUT2D eigenvalue weighted by molar-refractivity contribution is 5.90. The monoisotopic (exact) mass is 308 g/mol. The molecule has 0 aliphatic carbocycles. The molecule has 0 aliphatic rings. The first-order valence-electron chi connectivity index (χ1n) is 7.12. The van der Waals surface area contributed by atoms with Gasteiger partial charge in [0.2, 0.25) is 0 Å². The molecule has 122 valence electrons. The molecule has 0 spiro atoms. The van der Waals surface area contributed by atoms with E-state index in [-0.39, 0.29) is 6.54 Å². The van der Waals surface area contributed by atoms with Crippen molar-refractivity contribution in [2.24, 2.45) is 0 Å². The molecule has 1 N–H and O–H groups in total. The molecule has 1 aromatic rings. The summed E-state index contributed by atoms with van der Waals surface area (Å²) in [7, 11) is 0. The van der Waals surface area contributed by atoms with Gasteiger partial charge in [-0.1, -0.05) is 0 Å². The number of nitrogens with zero attached hydrogens (tertiary/aromatic N) is 1. The molecule has 1 heterocycles. The van der Waals surface area contributed by atoms with Crippen LogP contribution in [0.15, 0.2) is 18.3 Å². The Morgan fingerprint density at radius 3 is 2.23 bits per heavy atom. The zero-order valence-corrected chi connectivity index (χ0v) is 14.0. The second-order valence-electron chi connectivity index (χ2n) is 6.85. The number of hydrogen-bond donors (Lipinski definition) is 1. The number of amides is 1. The van der Waals surface area contributed by atoms with Gasteiger partial charge in [0.05, 0.1) is 17.8 Å². The fraction of sp³-hybridized carbons (Fsp3) is 0.562. The molecule has 22 heavy (non-hydrogen) atoms. The summed E-state index contributed by atoms with van der Waals surface area (Å²) in [6, 6.07) is 3.27. The van der Waals surface area contributed by atoms with Gasteiger partial charge in [0.15, 0.2) is 0 Å². The van der Waals surface area contributed by atoms with Gasteiger partial charge in [-0.3, -0.25) is 4.98 Å². The van der Waals surface area contributed by atoms with Crippen molar-refractivity contribution in [1.29, 1.82) is 0 Å². The lowest BCUT2D eigenvalue weighted by Gasteiger charge is -2.21. The number of alkyl carbamates (subject to hydrolysis) is 1. The number of pyridine rings is 1. The number of ether oxygens (including phenoxy) is 2. The summed E-state index contributed by atoms with van der Waals surface area (Å²) in [5.41, 5.74) is -0.415. The van der Waals surface area contributed by atoms with E-state index in [0.717, 1.165) is 0 Å². The number of carbonyl (C=O) groups excluding carboxylic acids is 2. The Morgan fingerprint density at radius 2 is 1.68 bits per heavy atom. The Balaban J connectivity index is 2.76. The fourth-order valence-corrected chi connectivity index (χ4v) is 1.57. The van der Waals surface area contributed by atoms with Crippen LogP contribution in [-0.4, -0.2) is 28.2 Å². The lowest BCUT2D eigenvalue weighted by Crippen LogP contribution is -2.33. The summed E-state index contributed by atoms with van der Waals surface area (Å²) in [5.74, 6) is -0.471. The number of aromatic nitrogens is 1. The average Bonchev–Trinajstić information content (AvgIpc) is 2.32. The maximum atomic E-state index is 12.1. The molecule has 0 fully saturated rings. The smallest absolute Gasteiger partial charge is 0.407 e. The molecule has 0 saturated heterocycles. The predicted molar refractivity (Wildman–Crippen MR) is 82.5 cm³/mol. The summed E-state index contributed by atoms with van der Waals surface area (Å²) in [6.45, 7) is 10.8. The summed E-state index contributed by atoms with van der Waals surface area (Å²) in [6.07, 6.45) is 0.994. The van der Waals surface area contributed by atoms with Crippen LogP contribution in [0.25, 0.3) is 0 Å². The molecule has 0 aromatic carbocycles. The third kappa shape index (κ3) is 6.56. The van der Waals surface area contributed by atoms with Crippen LogP contribution in [0.1, 0.15) is 57.6 Å². The van der Waals surface area contributed by atoms with Crippen molar-refractivity contribution in [3.8, 4) is 0 Å². The highest BCUT2D eigenvalue weighted by Gasteiger charge is 2.21. The van der Waals surface area contributed by atoms with Crippen molar-refractivity contribution >= 4 is 12.1 Å². The normalized spacial score (nSPS) is 11.7. The Bertz CT molecular complexity index is 542. The van der Waals surface area contributed by atoms with E-state index in [1.54, 1.807) is 59.9 Å². The zero-order chi connectivity index (χ0) is 17.0. The summed E-state index contributed by atoms with van der Waals surface area (Å²) >= 11 is 0. The predicted octanol–water partition coefficient (Wildman–Crippen LogP) is 3.06. The minimum absolute atomic E-state index is 0.0876. The second-order valence-corrected chi connectivity index (χ2v) is 6.85. The van der Waals surface area contributed by atoms with Gasteiger partial charge in [-0.15, -0.1) is 0 Å². The third-order valence-corrected chi connectivity index (χ3v) is 2.31. The largest absolute Gasteiger partial charge is 0.456 e. The number of hydrogen-bond acceptors (Lipinski definition) is 5. The minimum atomic E-state index is -0.594. The van der Waals surface area contributed by atoms with Crippen LogP contribution in [0.4, 0.5) is 4.79 Å². The Hall–Kier alpha value is -2.11. The SMILES string of the molecule is CC(C)(C)OC(=O)NCc1ncccc1C(=O)OC(C)(C)C. The lowest BCUT2D eigenvalue weighted by atomic mass is 10.1. The van der Waals surface area contributed by atoms with Crippen molar-refractivity contribution in [1.82, 2.24) is 10.3 Å². The van der Waals surface area contributed by atoms with E-state index in [1.807, 2.05) is 0 Å². The van der Waals surface area contributed by atoms with Crippen LogP contribution in [0.2, 0.25) is 0 Å². The van der Waals surface area contributed by atoms with Gasteiger partial charge in [-0.2, -0.15) is 0 Å². The first kappa shape index (κ1) is 17.9. The fourth-order valence-electron chi connectivity index (χ4n) is 1.57. The molecular formula is C16H24N2O4. The van der Waals surface area contributed by atoms with Crippen molar-refractivity contribution in [2.45, 2.75) is 59.3 Å². The van der Waals surface area contributed by atoms with Gasteiger partial charge in [0.1, 0.15) is 11.2 Å². The first-order chi connectivity index (χ1) is 9.98. The van der Waals surface area contributed by atoms with Crippen molar-refractivity contribution in [3.63, 3.8) is 0 Å². The number of rotatable bonds is 3. The molecule has 0 atom stereocenters. The molecule has 0 aliphatic heterocycles. The maximum absolute atomic E-state index is 12.1. The molecule has 0 bridgehead atoms. The van der Waals surface area contributed by atoms with Gasteiger partial charge in [0.25, 0.3) is 0 Å². The van der Waals surface area contributed by atoms with Gasteiger partial charge in [-0.25, -0.2) is 9.59 Å². The quantitative estimate of drug-likeness (QED) is 0.868. The number of carbonyl (C=O) groups is 2. The molecule has 6 nitrogen and oxygen atoms in total. The third-order valence-electron chi connectivity index (χ3n) is 2.31. The lowest BCUT2D eigenvalue weighted by molar-refractivity contribution is 0.00665. The standard InChI is InChI=1S/C16H24N2O4/c1-15(2,3)21-13(19)11-8-7-9-17-12(11)10-18-14(20)22-16(4,5)6/h7-9H,10H2,1-6H3,(H,18,20). The summed E-state index contributed by atoms with van der Waals surface area (Å²) < 4.78 is 10.5. The highest BCUT2D eigenvalue weighted by atomic mass is 16.6. The van der Waals surface area contributed by atoms with Crippen LogP contribution < -0.4 is 5.32 Å². The molecule has 6 heteroatoms. The Morgan fingerprint density at radius 1 is 1.09 bits per heavy atom. The molecular weight excluding hydrogens is 284 g/mol. The average molecular weight is 308 g/mol. The molecule has 1 amide bonds. The molecule has 1 rings (SSSR count). The topological polar surface area (TPSA) is 77.5 Å². The van der Waals surface area contributed by atoms with E-state index in [0.29, 0.717) is 11.3 Å². The Kier molecular flexibility index (Phi) is 5.52. The number of esters is 1. The van der Waals surface area contributed by atoms with Gasteiger partial charge < -0.3 is 14.8 Å². The van der Waals surface area contributed by atoms with Crippen LogP contribution >= 0.6 is 0 Å². The van der Waals surface area contributed by atoms with Crippen molar-refractivity contribution in [2.75, 3.05) is 0 Å². The van der Waals surface area contributed by atoms with Gasteiger partial charge in [-0.05, 0) is 53.7 Å². The summed E-state index contributed by atoms with van der Waals surface area (Å²) in [5, 5.41) is 2.58. The Labute approximate surface area is 131 Å². The van der Waals surface area contributed by atoms with E-state index in [9.17, 15) is 9.59 Å². The number of nitrogens with one attached hydrogen (secondary N) is 1. The van der Waals surface area contributed by atoms with E-state index < -0.39 is 23.3 Å². The molecule has 0 unspecified atom stereocenters. The minimum Gasteiger partial charge on any atom is -0.456 e. The van der Waals surface area contributed by atoms with Crippen molar-refractivity contribution < 1.29 is 19.1 Å². The maximum Gasteiger partial charge on any atom is 0.407 e. The van der Waals surface area contributed by atoms with Crippen LogP contribution in [0, 0.1) is 0 Å². The molecule has 0 radical (unpaired) electrons. The van der Waals surface area contributed by atoms with E-state index in [4.69, 9.17) is 9.47 Å². The highest BCUT2D eigenvalue weighted by Crippen LogP contribution is 2.14. The zero-order valence-electron chi connectivity index (χ0n) is 14.0. The van der Waals surface area contributed by atoms with Crippen LogP contribution in [-0.2, 0) is 16.0 Å². The first-order valence-corrected chi connectivity index (χ1v) is 7.12. The van der Waals surface area contributed by atoms with Crippen LogP contribution in [0.5, 0.6) is 0 Å². The molecule has 1 aromatic heterocycles. The van der Waals surface area contributed by atoms with E-state index in [2.05, 4.69) is 10.3 Å². The van der Waals surface area contributed by atoms with Gasteiger partial charge in [0, 0.05) is 6.20 Å². The van der Waals surface area contributed by atoms with E-state index >= 15 is 0 Å². The molecule has 0 saturated carbocycles. The van der Waals surface area contributed by atoms with E-state index in [1.165, 1.54) is 0 Å². The van der Waals surface area contributed by atoms with Crippen LogP contribution in [0.3, 0.4) is 0 Å². The van der Waals surface area contributed by atoms with Crippen molar-refractivity contribution in [3.05, 3.63) is 29.6 Å².